The van der Waals surface area contributed by atoms with Crippen LogP contribution < -0.4 is 5.73 Å². The molecule has 0 aliphatic rings. The van der Waals surface area contributed by atoms with Crippen LogP contribution in [0.25, 0.3) is 0 Å². The summed E-state index contributed by atoms with van der Waals surface area (Å²) in [6, 6.07) is 7.20. The highest BCUT2D eigenvalue weighted by Gasteiger charge is 2.17. The average molecular weight is 270 g/mol. The summed E-state index contributed by atoms with van der Waals surface area (Å²) >= 11 is 0. The van der Waals surface area contributed by atoms with Gasteiger partial charge < -0.3 is 10.6 Å². The highest BCUT2D eigenvalue weighted by Crippen LogP contribution is 2.10. The Hall–Kier alpha value is -1.56. The summed E-state index contributed by atoms with van der Waals surface area (Å²) < 4.78 is 22.2. The van der Waals surface area contributed by atoms with Gasteiger partial charge in [-0.25, -0.2) is 8.42 Å². The number of nitrogens with two attached hydrogens (primary N) is 1. The third kappa shape index (κ3) is 4.75. The van der Waals surface area contributed by atoms with E-state index in [9.17, 15) is 13.2 Å². The van der Waals surface area contributed by atoms with Crippen LogP contribution in [0, 0.1) is 0 Å². The first kappa shape index (κ1) is 14.5. The zero-order chi connectivity index (χ0) is 13.8. The summed E-state index contributed by atoms with van der Waals surface area (Å²) in [4.78, 5) is 13.3. The second kappa shape index (κ2) is 5.86. The molecule has 0 atom stereocenters. The molecule has 0 saturated heterocycles. The highest BCUT2D eigenvalue weighted by molar-refractivity contribution is 7.91. The minimum atomic E-state index is -3.29. The zero-order valence-electron chi connectivity index (χ0n) is 10.6. The van der Waals surface area contributed by atoms with Crippen molar-refractivity contribution < 1.29 is 13.2 Å². The van der Waals surface area contributed by atoms with E-state index in [4.69, 9.17) is 5.73 Å². The molecule has 1 aromatic rings. The summed E-state index contributed by atoms with van der Waals surface area (Å²) in [6.07, 6.45) is 1.05. The maximum absolute atomic E-state index is 11.8. The van der Waals surface area contributed by atoms with Gasteiger partial charge in [0.1, 0.15) is 5.75 Å². The Balaban J connectivity index is 2.76. The molecule has 5 nitrogen and oxygen atoms in total. The van der Waals surface area contributed by atoms with Gasteiger partial charge in [0.2, 0.25) is 5.91 Å². The van der Waals surface area contributed by atoms with Gasteiger partial charge in [-0.3, -0.25) is 4.79 Å². The van der Waals surface area contributed by atoms with Gasteiger partial charge in [-0.05, 0) is 24.6 Å². The molecule has 0 bridgehead atoms. The van der Waals surface area contributed by atoms with Crippen LogP contribution in [0.1, 0.15) is 12.5 Å². The first-order chi connectivity index (χ1) is 8.31. The van der Waals surface area contributed by atoms with Crippen molar-refractivity contribution in [2.24, 2.45) is 0 Å². The lowest BCUT2D eigenvalue weighted by Gasteiger charge is -2.20. The van der Waals surface area contributed by atoms with Crippen LogP contribution in [0.4, 0.5) is 5.69 Å². The molecule has 1 aromatic carbocycles. The summed E-state index contributed by atoms with van der Waals surface area (Å²) in [5.74, 6) is -0.842. The molecule has 100 valence electrons. The number of amides is 1. The molecule has 0 spiro atoms. The molecule has 0 heterocycles. The van der Waals surface area contributed by atoms with Crippen molar-refractivity contribution >= 4 is 21.4 Å². The van der Waals surface area contributed by atoms with Gasteiger partial charge in [0.15, 0.2) is 9.84 Å². The lowest BCUT2D eigenvalue weighted by atomic mass is 10.2. The smallest absolute Gasteiger partial charge is 0.238 e. The Morgan fingerprint density at radius 3 is 2.56 bits per heavy atom. The highest BCUT2D eigenvalue weighted by atomic mass is 32.2. The van der Waals surface area contributed by atoms with E-state index in [1.165, 1.54) is 4.90 Å². The molecule has 1 rings (SSSR count). The minimum absolute atomic E-state index is 0.371. The number of nitrogen functional groups attached to an aromatic ring is 1. The lowest BCUT2D eigenvalue weighted by Crippen LogP contribution is -2.34. The maximum Gasteiger partial charge on any atom is 0.238 e. The second-order valence-electron chi connectivity index (χ2n) is 4.22. The number of carbonyl (C=O) groups excluding carboxylic acids is 1. The quantitative estimate of drug-likeness (QED) is 0.797. The van der Waals surface area contributed by atoms with E-state index >= 15 is 0 Å². The Labute approximate surface area is 108 Å². The molecule has 0 fully saturated rings. The topological polar surface area (TPSA) is 80.5 Å². The molecule has 18 heavy (non-hydrogen) atoms. The SMILES string of the molecule is CCN(Cc1cccc(N)c1)C(=O)CS(C)(=O)=O. The molecule has 2 N–H and O–H groups in total. The van der Waals surface area contributed by atoms with Gasteiger partial charge in [-0.2, -0.15) is 0 Å². The minimum Gasteiger partial charge on any atom is -0.399 e. The number of hydrogen-bond acceptors (Lipinski definition) is 4. The second-order valence-corrected chi connectivity index (χ2v) is 6.36. The summed E-state index contributed by atoms with van der Waals surface area (Å²) in [6.45, 7) is 2.64. The predicted molar refractivity (Wildman–Crippen MR) is 71.7 cm³/mol. The van der Waals surface area contributed by atoms with Crippen molar-refractivity contribution in [1.82, 2.24) is 4.90 Å². The third-order valence-corrected chi connectivity index (χ3v) is 3.22. The van der Waals surface area contributed by atoms with E-state index in [1.54, 1.807) is 18.2 Å². The number of hydrogen-bond donors (Lipinski definition) is 1. The Morgan fingerprint density at radius 2 is 2.06 bits per heavy atom. The van der Waals surface area contributed by atoms with Gasteiger partial charge in [0, 0.05) is 25.0 Å². The largest absolute Gasteiger partial charge is 0.399 e. The number of carbonyl (C=O) groups is 1. The summed E-state index contributed by atoms with van der Waals surface area (Å²) in [5.41, 5.74) is 7.17. The van der Waals surface area contributed by atoms with Crippen molar-refractivity contribution in [1.29, 1.82) is 0 Å². The standard InChI is InChI=1S/C12H18N2O3S/c1-3-14(12(15)9-18(2,16)17)8-10-5-4-6-11(13)7-10/h4-7H,3,8-9,13H2,1-2H3. The van der Waals surface area contributed by atoms with E-state index in [0.29, 0.717) is 18.8 Å². The van der Waals surface area contributed by atoms with E-state index < -0.39 is 15.6 Å². The fourth-order valence-corrected chi connectivity index (χ4v) is 2.23. The molecule has 0 saturated carbocycles. The molecule has 0 aromatic heterocycles. The van der Waals surface area contributed by atoms with Crippen molar-refractivity contribution in [3.63, 3.8) is 0 Å². The molecular weight excluding hydrogens is 252 g/mol. The van der Waals surface area contributed by atoms with Crippen LogP contribution in [0.15, 0.2) is 24.3 Å². The Bertz CT molecular complexity index is 526. The van der Waals surface area contributed by atoms with Crippen molar-refractivity contribution in [2.45, 2.75) is 13.5 Å². The van der Waals surface area contributed by atoms with Crippen LogP contribution in [0.5, 0.6) is 0 Å². The lowest BCUT2D eigenvalue weighted by molar-refractivity contribution is -0.128. The van der Waals surface area contributed by atoms with Gasteiger partial charge in [0.05, 0.1) is 0 Å². The maximum atomic E-state index is 11.8. The molecule has 1 amide bonds. The first-order valence-corrected chi connectivity index (χ1v) is 7.68. The van der Waals surface area contributed by atoms with Crippen LogP contribution in [-0.2, 0) is 21.2 Å². The fraction of sp³-hybridized carbons (Fsp3) is 0.417. The monoisotopic (exact) mass is 270 g/mol. The molecule has 0 radical (unpaired) electrons. The first-order valence-electron chi connectivity index (χ1n) is 5.61. The number of benzene rings is 1. The third-order valence-electron chi connectivity index (χ3n) is 2.44. The van der Waals surface area contributed by atoms with Crippen LogP contribution in [-0.4, -0.2) is 37.8 Å². The van der Waals surface area contributed by atoms with E-state index in [2.05, 4.69) is 0 Å². The van der Waals surface area contributed by atoms with Crippen molar-refractivity contribution in [3.05, 3.63) is 29.8 Å². The van der Waals surface area contributed by atoms with Crippen LogP contribution in [0.3, 0.4) is 0 Å². The Kier molecular flexibility index (Phi) is 4.72. The summed E-state index contributed by atoms with van der Waals surface area (Å²) in [5, 5.41) is 0. The normalized spacial score (nSPS) is 11.2. The number of nitrogens with zero attached hydrogens (tertiary/aromatic N) is 1. The van der Waals surface area contributed by atoms with Gasteiger partial charge in [-0.15, -0.1) is 0 Å². The number of rotatable bonds is 5. The van der Waals surface area contributed by atoms with Crippen LogP contribution in [0.2, 0.25) is 0 Å². The fourth-order valence-electron chi connectivity index (χ4n) is 1.60. The van der Waals surface area contributed by atoms with Gasteiger partial charge in [0.25, 0.3) is 0 Å². The molecular formula is C12H18N2O3S. The molecule has 0 aliphatic heterocycles. The van der Waals surface area contributed by atoms with Crippen molar-refractivity contribution in [3.8, 4) is 0 Å². The molecule has 0 unspecified atom stereocenters. The van der Waals surface area contributed by atoms with Gasteiger partial charge in [-0.1, -0.05) is 12.1 Å². The zero-order valence-corrected chi connectivity index (χ0v) is 11.4. The molecule has 0 aliphatic carbocycles. The predicted octanol–water partition coefficient (Wildman–Crippen LogP) is 0.662. The van der Waals surface area contributed by atoms with Crippen molar-refractivity contribution in [2.75, 3.05) is 24.3 Å². The molecule has 6 heteroatoms. The van der Waals surface area contributed by atoms with Crippen LogP contribution >= 0.6 is 0 Å². The number of anilines is 1. The van der Waals surface area contributed by atoms with Gasteiger partial charge >= 0.3 is 0 Å². The average Bonchev–Trinajstić information content (AvgIpc) is 2.23. The Morgan fingerprint density at radius 1 is 1.39 bits per heavy atom. The van der Waals surface area contributed by atoms with E-state index in [0.717, 1.165) is 11.8 Å². The van der Waals surface area contributed by atoms with E-state index in [-0.39, 0.29) is 5.91 Å². The van der Waals surface area contributed by atoms with E-state index in [1.807, 2.05) is 13.0 Å². The summed E-state index contributed by atoms with van der Waals surface area (Å²) in [7, 11) is -3.29. The number of sulfone groups is 1.